The van der Waals surface area contributed by atoms with Crippen molar-refractivity contribution in [3.63, 3.8) is 0 Å². The second kappa shape index (κ2) is 4.86. The van der Waals surface area contributed by atoms with Crippen molar-refractivity contribution in [2.75, 3.05) is 0 Å². The average Bonchev–Trinajstić information content (AvgIpc) is 2.83. The van der Waals surface area contributed by atoms with Crippen LogP contribution in [-0.4, -0.2) is 4.57 Å². The predicted octanol–water partition coefficient (Wildman–Crippen LogP) is 3.68. The Bertz CT molecular complexity index is 595. The van der Waals surface area contributed by atoms with Crippen LogP contribution in [0.2, 0.25) is 0 Å². The van der Waals surface area contributed by atoms with Crippen molar-refractivity contribution in [1.82, 2.24) is 4.57 Å². The van der Waals surface area contributed by atoms with Gasteiger partial charge >= 0.3 is 0 Å². The van der Waals surface area contributed by atoms with Gasteiger partial charge in [0.15, 0.2) is 0 Å². The summed E-state index contributed by atoms with van der Waals surface area (Å²) < 4.78 is 2.38. The Hall–Kier alpha value is -1.54. The molecule has 1 unspecified atom stereocenters. The van der Waals surface area contributed by atoms with Crippen LogP contribution >= 0.6 is 0 Å². The Balaban J connectivity index is 2.18. The zero-order chi connectivity index (χ0) is 13.4. The summed E-state index contributed by atoms with van der Waals surface area (Å²) in [6, 6.07) is 9.02. The third kappa shape index (κ3) is 2.00. The van der Waals surface area contributed by atoms with Gasteiger partial charge < -0.3 is 10.3 Å². The van der Waals surface area contributed by atoms with Gasteiger partial charge in [-0.1, -0.05) is 25.1 Å². The van der Waals surface area contributed by atoms with E-state index in [0.29, 0.717) is 0 Å². The molecular formula is C17H22N2. The molecule has 2 aromatic rings. The topological polar surface area (TPSA) is 30.9 Å². The molecule has 3 rings (SSSR count). The molecule has 0 spiro atoms. The van der Waals surface area contributed by atoms with Crippen LogP contribution in [0.5, 0.6) is 0 Å². The Morgan fingerprint density at radius 1 is 1.32 bits per heavy atom. The van der Waals surface area contributed by atoms with Gasteiger partial charge in [-0.2, -0.15) is 0 Å². The predicted molar refractivity (Wildman–Crippen MR) is 79.8 cm³/mol. The maximum absolute atomic E-state index is 6.23. The number of hydrogen-bond donors (Lipinski definition) is 1. The average molecular weight is 254 g/mol. The lowest BCUT2D eigenvalue weighted by atomic mass is 9.93. The fourth-order valence-corrected chi connectivity index (χ4v) is 3.29. The van der Waals surface area contributed by atoms with Gasteiger partial charge in [-0.15, -0.1) is 0 Å². The molecule has 1 aliphatic rings. The van der Waals surface area contributed by atoms with E-state index in [4.69, 9.17) is 5.73 Å². The Labute approximate surface area is 115 Å². The monoisotopic (exact) mass is 254 g/mol. The number of para-hydroxylation sites is 1. The number of aryl methyl sites for hydroxylation is 2. The third-order valence-electron chi connectivity index (χ3n) is 4.30. The van der Waals surface area contributed by atoms with Crippen molar-refractivity contribution in [3.05, 3.63) is 52.8 Å². The number of hydrogen-bond acceptors (Lipinski definition) is 1. The minimum Gasteiger partial charge on any atom is -0.324 e. The van der Waals surface area contributed by atoms with Gasteiger partial charge in [0, 0.05) is 17.9 Å². The van der Waals surface area contributed by atoms with Gasteiger partial charge in [-0.3, -0.25) is 0 Å². The normalized spacial score (nSPS) is 18.4. The molecule has 2 nitrogen and oxygen atoms in total. The maximum atomic E-state index is 6.23. The highest BCUT2D eigenvalue weighted by Crippen LogP contribution is 2.32. The molecule has 2 N–H and O–H groups in total. The first-order valence-corrected chi connectivity index (χ1v) is 7.27. The Morgan fingerprint density at radius 3 is 2.95 bits per heavy atom. The largest absolute Gasteiger partial charge is 0.324 e. The number of benzene rings is 1. The van der Waals surface area contributed by atoms with E-state index in [1.807, 2.05) is 0 Å². The second-order valence-electron chi connectivity index (χ2n) is 5.52. The van der Waals surface area contributed by atoms with Crippen LogP contribution in [0.3, 0.4) is 0 Å². The molecule has 0 bridgehead atoms. The summed E-state index contributed by atoms with van der Waals surface area (Å²) in [5.74, 6) is 0. The van der Waals surface area contributed by atoms with Gasteiger partial charge in [0.1, 0.15) is 0 Å². The van der Waals surface area contributed by atoms with E-state index in [1.165, 1.54) is 34.5 Å². The molecule has 2 heteroatoms. The summed E-state index contributed by atoms with van der Waals surface area (Å²) in [7, 11) is 0. The summed E-state index contributed by atoms with van der Waals surface area (Å²) in [5.41, 5.74) is 13.1. The number of aromatic nitrogens is 1. The number of nitrogens with zero attached hydrogens (tertiary/aromatic N) is 1. The molecule has 0 saturated carbocycles. The zero-order valence-electron chi connectivity index (χ0n) is 11.8. The summed E-state index contributed by atoms with van der Waals surface area (Å²) >= 11 is 0. The lowest BCUT2D eigenvalue weighted by Gasteiger charge is -2.22. The van der Waals surface area contributed by atoms with Crippen LogP contribution in [0.25, 0.3) is 5.69 Å². The van der Waals surface area contributed by atoms with E-state index in [9.17, 15) is 0 Å². The molecule has 1 aliphatic carbocycles. The minimum absolute atomic E-state index is 0.221. The van der Waals surface area contributed by atoms with Crippen LogP contribution in [0.15, 0.2) is 30.5 Å². The van der Waals surface area contributed by atoms with Gasteiger partial charge in [-0.25, -0.2) is 0 Å². The third-order valence-corrected chi connectivity index (χ3v) is 4.30. The van der Waals surface area contributed by atoms with E-state index in [-0.39, 0.29) is 6.04 Å². The summed E-state index contributed by atoms with van der Waals surface area (Å²) in [6.45, 7) is 4.42. The maximum Gasteiger partial charge on any atom is 0.0513 e. The highest BCUT2D eigenvalue weighted by atomic mass is 15.0. The molecule has 0 amide bonds. The van der Waals surface area contributed by atoms with Crippen molar-refractivity contribution >= 4 is 0 Å². The zero-order valence-corrected chi connectivity index (χ0v) is 11.8. The quantitative estimate of drug-likeness (QED) is 0.870. The minimum atomic E-state index is 0.221. The molecule has 19 heavy (non-hydrogen) atoms. The lowest BCUT2D eigenvalue weighted by Crippen LogP contribution is -2.18. The van der Waals surface area contributed by atoms with Crippen molar-refractivity contribution in [2.24, 2.45) is 5.73 Å². The van der Waals surface area contributed by atoms with Gasteiger partial charge in [0.2, 0.25) is 0 Å². The van der Waals surface area contributed by atoms with Gasteiger partial charge in [0.25, 0.3) is 0 Å². The van der Waals surface area contributed by atoms with E-state index in [1.54, 1.807) is 0 Å². The highest BCUT2D eigenvalue weighted by molar-refractivity contribution is 5.51. The van der Waals surface area contributed by atoms with Crippen molar-refractivity contribution in [2.45, 2.75) is 45.6 Å². The summed E-state index contributed by atoms with van der Waals surface area (Å²) in [5, 5.41) is 0. The van der Waals surface area contributed by atoms with E-state index in [0.717, 1.165) is 19.3 Å². The standard InChI is InChI=1S/C17H22N2/c1-3-13-7-4-6-12(2)17(13)19-11-10-14-15(18)8-5-9-16(14)19/h4,6-7,10-11,15H,3,5,8-9,18H2,1-2H3. The van der Waals surface area contributed by atoms with E-state index < -0.39 is 0 Å². The van der Waals surface area contributed by atoms with Crippen molar-refractivity contribution in [3.8, 4) is 5.69 Å². The SMILES string of the molecule is CCc1cccc(C)c1-n1ccc2c1CCCC2N. The fourth-order valence-electron chi connectivity index (χ4n) is 3.29. The Morgan fingerprint density at radius 2 is 2.16 bits per heavy atom. The molecule has 1 aromatic heterocycles. The molecule has 1 heterocycles. The summed E-state index contributed by atoms with van der Waals surface area (Å²) in [4.78, 5) is 0. The van der Waals surface area contributed by atoms with Crippen molar-refractivity contribution < 1.29 is 0 Å². The molecule has 0 radical (unpaired) electrons. The first-order valence-electron chi connectivity index (χ1n) is 7.27. The molecule has 1 atom stereocenters. The fraction of sp³-hybridized carbons (Fsp3) is 0.412. The van der Waals surface area contributed by atoms with Crippen LogP contribution in [0.1, 0.15) is 48.2 Å². The van der Waals surface area contributed by atoms with E-state index >= 15 is 0 Å². The number of rotatable bonds is 2. The summed E-state index contributed by atoms with van der Waals surface area (Å²) in [6.07, 6.45) is 6.73. The van der Waals surface area contributed by atoms with Crippen LogP contribution in [0, 0.1) is 6.92 Å². The van der Waals surface area contributed by atoms with Crippen LogP contribution < -0.4 is 5.73 Å². The second-order valence-corrected chi connectivity index (χ2v) is 5.52. The molecule has 0 saturated heterocycles. The first kappa shape index (κ1) is 12.5. The number of fused-ring (bicyclic) bond motifs is 1. The van der Waals surface area contributed by atoms with Crippen LogP contribution in [0.4, 0.5) is 0 Å². The molecule has 1 aromatic carbocycles. The number of nitrogens with two attached hydrogens (primary N) is 1. The lowest BCUT2D eigenvalue weighted by molar-refractivity contribution is 0.560. The molecule has 0 fully saturated rings. The molecular weight excluding hydrogens is 232 g/mol. The smallest absolute Gasteiger partial charge is 0.0513 e. The van der Waals surface area contributed by atoms with Gasteiger partial charge in [0.05, 0.1) is 5.69 Å². The first-order chi connectivity index (χ1) is 9.22. The highest BCUT2D eigenvalue weighted by Gasteiger charge is 2.21. The van der Waals surface area contributed by atoms with E-state index in [2.05, 4.69) is 48.9 Å². The molecule has 100 valence electrons. The van der Waals surface area contributed by atoms with Gasteiger partial charge in [-0.05, 0) is 55.4 Å². The van der Waals surface area contributed by atoms with Crippen LogP contribution in [-0.2, 0) is 12.8 Å². The molecule has 0 aliphatic heterocycles. The Kier molecular flexibility index (Phi) is 3.19. The van der Waals surface area contributed by atoms with Crippen molar-refractivity contribution in [1.29, 1.82) is 0 Å².